The van der Waals surface area contributed by atoms with Gasteiger partial charge in [-0.2, -0.15) is 0 Å². The van der Waals surface area contributed by atoms with Crippen molar-refractivity contribution in [3.8, 4) is 17.0 Å². The Hall–Kier alpha value is -2.35. The molecule has 0 N–H and O–H groups in total. The fourth-order valence-corrected chi connectivity index (χ4v) is 4.75. The first-order chi connectivity index (χ1) is 17.3. The molecule has 2 heteroatoms. The van der Waals surface area contributed by atoms with Crippen LogP contribution in [-0.2, 0) is 6.42 Å². The Bertz CT molecular complexity index is 962. The number of aromatic nitrogens is 1. The van der Waals surface area contributed by atoms with Gasteiger partial charge in [-0.25, -0.2) is 4.98 Å². The van der Waals surface area contributed by atoms with Crippen molar-refractivity contribution in [3.63, 3.8) is 0 Å². The first-order valence-electron chi connectivity index (χ1n) is 14.4. The van der Waals surface area contributed by atoms with E-state index in [4.69, 9.17) is 9.72 Å². The molecule has 1 heterocycles. The summed E-state index contributed by atoms with van der Waals surface area (Å²) in [7, 11) is 0. The first-order valence-corrected chi connectivity index (χ1v) is 14.4. The number of benzene rings is 2. The lowest BCUT2D eigenvalue weighted by atomic mass is 10.0. The van der Waals surface area contributed by atoms with E-state index in [1.165, 1.54) is 101 Å². The summed E-state index contributed by atoms with van der Waals surface area (Å²) in [5, 5.41) is 1.24. The molecule has 0 unspecified atom stereocenters. The fourth-order valence-electron chi connectivity index (χ4n) is 4.75. The van der Waals surface area contributed by atoms with Gasteiger partial charge in [-0.05, 0) is 67.3 Å². The predicted molar refractivity (Wildman–Crippen MR) is 152 cm³/mol. The smallest absolute Gasteiger partial charge is 0.119 e. The van der Waals surface area contributed by atoms with Gasteiger partial charge in [-0.15, -0.1) is 0 Å². The Morgan fingerprint density at radius 1 is 0.600 bits per heavy atom. The lowest BCUT2D eigenvalue weighted by Crippen LogP contribution is -1.97. The molecule has 2 aromatic carbocycles. The van der Waals surface area contributed by atoms with E-state index in [9.17, 15) is 0 Å². The highest BCUT2D eigenvalue weighted by molar-refractivity contribution is 5.82. The Balaban J connectivity index is 1.42. The maximum atomic E-state index is 5.96. The third kappa shape index (κ3) is 10.0. The zero-order chi connectivity index (χ0) is 24.6. The molecule has 35 heavy (non-hydrogen) atoms. The monoisotopic (exact) mass is 473 g/mol. The summed E-state index contributed by atoms with van der Waals surface area (Å²) >= 11 is 0. The quantitative estimate of drug-likeness (QED) is 0.171. The molecule has 0 radical (unpaired) electrons. The topological polar surface area (TPSA) is 22.1 Å². The molecule has 0 amide bonds. The van der Waals surface area contributed by atoms with Gasteiger partial charge in [0.1, 0.15) is 5.75 Å². The molecule has 0 aliphatic carbocycles. The van der Waals surface area contributed by atoms with Crippen molar-refractivity contribution < 1.29 is 4.74 Å². The highest BCUT2D eigenvalue weighted by Crippen LogP contribution is 2.25. The highest BCUT2D eigenvalue weighted by atomic mass is 16.5. The molecule has 190 valence electrons. The Morgan fingerprint density at radius 2 is 1.23 bits per heavy atom. The van der Waals surface area contributed by atoms with E-state index in [1.54, 1.807) is 0 Å². The van der Waals surface area contributed by atoms with Crippen LogP contribution in [0.5, 0.6) is 5.75 Å². The first kappa shape index (κ1) is 27.2. The molecule has 0 atom stereocenters. The highest BCUT2D eigenvalue weighted by Gasteiger charge is 2.04. The van der Waals surface area contributed by atoms with Crippen LogP contribution in [0.1, 0.15) is 109 Å². The zero-order valence-corrected chi connectivity index (χ0v) is 22.4. The van der Waals surface area contributed by atoms with Gasteiger partial charge in [0.15, 0.2) is 0 Å². The van der Waals surface area contributed by atoms with Crippen LogP contribution >= 0.6 is 0 Å². The molecule has 0 spiro atoms. The molecule has 0 aliphatic heterocycles. The number of rotatable bonds is 18. The molecule has 1 aromatic heterocycles. The van der Waals surface area contributed by atoms with Crippen molar-refractivity contribution in [2.75, 3.05) is 6.61 Å². The van der Waals surface area contributed by atoms with E-state index in [1.807, 2.05) is 0 Å². The number of fused-ring (bicyclic) bond motifs is 1. The van der Waals surface area contributed by atoms with Crippen molar-refractivity contribution in [2.45, 2.75) is 110 Å². The third-order valence-corrected chi connectivity index (χ3v) is 6.99. The molecule has 0 saturated heterocycles. The predicted octanol–water partition coefficient (Wildman–Crippen LogP) is 10.3. The number of unbranched alkanes of at least 4 members (excludes halogenated alkanes) is 12. The van der Waals surface area contributed by atoms with Crippen LogP contribution in [0.4, 0.5) is 0 Å². The van der Waals surface area contributed by atoms with E-state index < -0.39 is 0 Å². The van der Waals surface area contributed by atoms with Gasteiger partial charge in [0, 0.05) is 10.9 Å². The van der Waals surface area contributed by atoms with Crippen molar-refractivity contribution in [3.05, 3.63) is 60.2 Å². The standard InChI is InChI=1S/C33H47NO/c1-3-5-7-9-11-12-14-16-26-35-31-22-19-29(20-23-31)32-25-21-30-27-28(18-24-33(30)34-32)17-15-13-10-8-6-4-2/h18-25,27H,3-17,26H2,1-2H3. The molecule has 3 aromatic rings. The Kier molecular flexibility index (Phi) is 12.7. The molecular formula is C33H47NO. The molecular weight excluding hydrogens is 426 g/mol. The Labute approximate surface area is 214 Å². The van der Waals surface area contributed by atoms with Crippen LogP contribution in [0.15, 0.2) is 54.6 Å². The van der Waals surface area contributed by atoms with Crippen molar-refractivity contribution in [1.82, 2.24) is 4.98 Å². The van der Waals surface area contributed by atoms with Crippen LogP contribution in [0, 0.1) is 0 Å². The Morgan fingerprint density at radius 3 is 1.91 bits per heavy atom. The van der Waals surface area contributed by atoms with E-state index in [0.29, 0.717) is 0 Å². The maximum absolute atomic E-state index is 5.96. The van der Waals surface area contributed by atoms with Crippen LogP contribution in [0.2, 0.25) is 0 Å². The molecule has 2 nitrogen and oxygen atoms in total. The summed E-state index contributed by atoms with van der Waals surface area (Å²) < 4.78 is 5.96. The summed E-state index contributed by atoms with van der Waals surface area (Å²) in [5.74, 6) is 0.955. The van der Waals surface area contributed by atoms with Gasteiger partial charge in [-0.1, -0.05) is 103 Å². The van der Waals surface area contributed by atoms with Crippen LogP contribution < -0.4 is 4.74 Å². The number of aryl methyl sites for hydroxylation is 1. The van der Waals surface area contributed by atoms with Gasteiger partial charge in [0.25, 0.3) is 0 Å². The summed E-state index contributed by atoms with van der Waals surface area (Å²) in [5.41, 5.74) is 4.67. The number of ether oxygens (including phenoxy) is 1. The second-order valence-electron chi connectivity index (χ2n) is 10.1. The zero-order valence-electron chi connectivity index (χ0n) is 22.4. The van der Waals surface area contributed by atoms with Crippen molar-refractivity contribution in [2.24, 2.45) is 0 Å². The van der Waals surface area contributed by atoms with Crippen LogP contribution in [0.3, 0.4) is 0 Å². The number of nitrogens with zero attached hydrogens (tertiary/aromatic N) is 1. The summed E-state index contributed by atoms with van der Waals surface area (Å²) in [6.07, 6.45) is 19.8. The van der Waals surface area contributed by atoms with Gasteiger partial charge < -0.3 is 4.74 Å². The van der Waals surface area contributed by atoms with Crippen LogP contribution in [0.25, 0.3) is 22.2 Å². The molecule has 0 saturated carbocycles. The number of hydrogen-bond acceptors (Lipinski definition) is 2. The number of pyridine rings is 1. The van der Waals surface area contributed by atoms with E-state index in [2.05, 4.69) is 68.4 Å². The van der Waals surface area contributed by atoms with E-state index in [-0.39, 0.29) is 0 Å². The van der Waals surface area contributed by atoms with E-state index >= 15 is 0 Å². The molecule has 3 rings (SSSR count). The third-order valence-electron chi connectivity index (χ3n) is 6.99. The van der Waals surface area contributed by atoms with Crippen LogP contribution in [-0.4, -0.2) is 11.6 Å². The second-order valence-corrected chi connectivity index (χ2v) is 10.1. The minimum absolute atomic E-state index is 0.809. The normalized spacial score (nSPS) is 11.3. The molecule has 0 fully saturated rings. The summed E-state index contributed by atoms with van der Waals surface area (Å²) in [6.45, 7) is 5.36. The molecule has 0 aliphatic rings. The van der Waals surface area contributed by atoms with Gasteiger partial charge in [-0.3, -0.25) is 0 Å². The van der Waals surface area contributed by atoms with Gasteiger partial charge in [0.2, 0.25) is 0 Å². The lowest BCUT2D eigenvalue weighted by Gasteiger charge is -2.09. The van der Waals surface area contributed by atoms with Crippen molar-refractivity contribution >= 4 is 10.9 Å². The summed E-state index contributed by atoms with van der Waals surface area (Å²) in [4.78, 5) is 4.93. The fraction of sp³-hybridized carbons (Fsp3) is 0.545. The average Bonchev–Trinajstić information content (AvgIpc) is 2.90. The SMILES string of the molecule is CCCCCCCCCCOc1ccc(-c2ccc3cc(CCCCCCCC)ccc3n2)cc1. The minimum Gasteiger partial charge on any atom is -0.494 e. The lowest BCUT2D eigenvalue weighted by molar-refractivity contribution is 0.304. The van der Waals surface area contributed by atoms with Gasteiger partial charge in [0.05, 0.1) is 17.8 Å². The number of hydrogen-bond donors (Lipinski definition) is 0. The second kappa shape index (κ2) is 16.3. The largest absolute Gasteiger partial charge is 0.494 e. The maximum Gasteiger partial charge on any atom is 0.119 e. The summed E-state index contributed by atoms with van der Waals surface area (Å²) in [6, 6.07) is 19.5. The van der Waals surface area contributed by atoms with Crippen molar-refractivity contribution in [1.29, 1.82) is 0 Å². The average molecular weight is 474 g/mol. The minimum atomic E-state index is 0.809. The molecule has 0 bridgehead atoms. The van der Waals surface area contributed by atoms with Gasteiger partial charge >= 0.3 is 0 Å². The van der Waals surface area contributed by atoms with E-state index in [0.717, 1.165) is 35.6 Å².